The quantitative estimate of drug-likeness (QED) is 0.165. The van der Waals surface area contributed by atoms with Crippen molar-refractivity contribution in [2.45, 2.75) is 13.8 Å². The van der Waals surface area contributed by atoms with E-state index in [9.17, 15) is 0 Å². The van der Waals surface area contributed by atoms with Gasteiger partial charge in [-0.1, -0.05) is 150 Å². The molecular weight excluding hydrogens is 470 g/mol. The molecule has 0 aromatic carbocycles. The first-order valence-electron chi connectivity index (χ1n) is 12.6. The van der Waals surface area contributed by atoms with E-state index < -0.39 is 0 Å². The largest absolute Gasteiger partial charge is 0.314 e. The molecule has 0 N–H and O–H groups in total. The van der Waals surface area contributed by atoms with E-state index in [4.69, 9.17) is 0 Å². The third-order valence-corrected chi connectivity index (χ3v) is 5.14. The zero-order valence-electron chi connectivity index (χ0n) is 23.7. The lowest BCUT2D eigenvalue weighted by molar-refractivity contribution is 0.556. The zero-order chi connectivity index (χ0) is 29.5. The number of nitrogens with zero attached hydrogens (tertiary/aromatic N) is 1. The maximum absolute atomic E-state index is 4.10. The molecule has 0 radical (unpaired) electrons. The molecule has 0 rings (SSSR count). The lowest BCUT2D eigenvalue weighted by Crippen LogP contribution is -2.20. The van der Waals surface area contributed by atoms with Crippen molar-refractivity contribution < 1.29 is 0 Å². The molecular formula is C38H43N. The van der Waals surface area contributed by atoms with Crippen molar-refractivity contribution in [1.82, 2.24) is 4.90 Å². The minimum absolute atomic E-state index is 0.888. The molecule has 0 spiro atoms. The molecule has 39 heavy (non-hydrogen) atoms. The minimum atomic E-state index is 0.888. The van der Waals surface area contributed by atoms with E-state index in [0.29, 0.717) is 0 Å². The Bertz CT molecular complexity index is 1230. The Morgan fingerprint density at radius 1 is 0.513 bits per heavy atom. The van der Waals surface area contributed by atoms with Crippen molar-refractivity contribution in [2.75, 3.05) is 0 Å². The van der Waals surface area contributed by atoms with E-state index in [2.05, 4.69) is 70.5 Å². The first kappa shape index (κ1) is 34.1. The van der Waals surface area contributed by atoms with Crippen LogP contribution >= 0.6 is 0 Å². The highest BCUT2D eigenvalue weighted by Gasteiger charge is 2.18. The van der Waals surface area contributed by atoms with Gasteiger partial charge in [-0.15, -0.1) is 0 Å². The van der Waals surface area contributed by atoms with Crippen molar-refractivity contribution in [2.24, 2.45) is 0 Å². The Hall–Kier alpha value is -4.88. The van der Waals surface area contributed by atoms with Crippen LogP contribution in [0, 0.1) is 0 Å². The molecule has 1 heteroatoms. The average Bonchev–Trinajstić information content (AvgIpc) is 2.93. The number of hydrogen-bond donors (Lipinski definition) is 0. The molecule has 0 saturated heterocycles. The van der Waals surface area contributed by atoms with Crippen LogP contribution in [0.15, 0.2) is 220 Å². The van der Waals surface area contributed by atoms with Gasteiger partial charge in [0.1, 0.15) is 0 Å². The first-order valence-corrected chi connectivity index (χ1v) is 12.6. The van der Waals surface area contributed by atoms with Crippen LogP contribution in [0.3, 0.4) is 0 Å². The van der Waals surface area contributed by atoms with E-state index in [1.807, 2.05) is 85.9 Å². The van der Waals surface area contributed by atoms with Crippen molar-refractivity contribution in [3.63, 3.8) is 0 Å². The van der Waals surface area contributed by atoms with Crippen molar-refractivity contribution in [1.29, 1.82) is 0 Å². The molecule has 0 unspecified atom stereocenters. The fraction of sp³-hybridized carbons (Fsp3) is 0.0526. The second-order valence-corrected chi connectivity index (χ2v) is 7.79. The average molecular weight is 514 g/mol. The maximum atomic E-state index is 4.10. The summed E-state index contributed by atoms with van der Waals surface area (Å²) in [6.07, 6.45) is 39.7. The van der Waals surface area contributed by atoms with Gasteiger partial charge in [-0.25, -0.2) is 0 Å². The van der Waals surface area contributed by atoms with E-state index >= 15 is 0 Å². The molecule has 0 aliphatic rings. The van der Waals surface area contributed by atoms with Crippen LogP contribution < -0.4 is 0 Å². The molecule has 0 amide bonds. The van der Waals surface area contributed by atoms with Gasteiger partial charge < -0.3 is 4.90 Å². The summed E-state index contributed by atoms with van der Waals surface area (Å²) >= 11 is 0. The monoisotopic (exact) mass is 513 g/mol. The van der Waals surface area contributed by atoms with E-state index in [1.54, 1.807) is 42.5 Å². The summed E-state index contributed by atoms with van der Waals surface area (Å²) in [6.45, 7) is 35.4. The van der Waals surface area contributed by atoms with Crippen LogP contribution in [0.4, 0.5) is 0 Å². The summed E-state index contributed by atoms with van der Waals surface area (Å²) < 4.78 is 0. The third kappa shape index (κ3) is 11.8. The summed E-state index contributed by atoms with van der Waals surface area (Å²) in [5.74, 6) is 0. The molecule has 200 valence electrons. The van der Waals surface area contributed by atoms with Gasteiger partial charge in [-0.3, -0.25) is 0 Å². The zero-order valence-corrected chi connectivity index (χ0v) is 23.7. The highest BCUT2D eigenvalue weighted by atomic mass is 15.2. The van der Waals surface area contributed by atoms with Crippen molar-refractivity contribution in [3.8, 4) is 0 Å². The van der Waals surface area contributed by atoms with Crippen molar-refractivity contribution >= 4 is 0 Å². The topological polar surface area (TPSA) is 3.24 Å². The Labute approximate surface area is 238 Å². The standard InChI is InChI=1S/C38H43N/c1-11-20-28-34(23-14-4)33(19-9)31-38(35(24-15-5)29-21-12-2)32(10)39(36(25-16-6)26-17-7)37(27-18-8)30-22-13-3/h11-31H,1-6,8-9H2,7,10H3/b26-17-,28-20-,29-21-,30-22-,33-31+,34-23+,35-24+,36-25+,37-27+,38-32+. The molecule has 0 aliphatic heterocycles. The smallest absolute Gasteiger partial charge is 0.0458 e. The fourth-order valence-corrected chi connectivity index (χ4v) is 3.54. The van der Waals surface area contributed by atoms with Gasteiger partial charge in [0, 0.05) is 22.7 Å². The molecule has 0 saturated carbocycles. The van der Waals surface area contributed by atoms with Gasteiger partial charge in [0.05, 0.1) is 0 Å². The van der Waals surface area contributed by atoms with Gasteiger partial charge in [0.2, 0.25) is 0 Å². The molecule has 0 bridgehead atoms. The van der Waals surface area contributed by atoms with E-state index in [0.717, 1.165) is 39.4 Å². The van der Waals surface area contributed by atoms with Crippen LogP contribution in [-0.2, 0) is 0 Å². The van der Waals surface area contributed by atoms with E-state index in [1.165, 1.54) is 0 Å². The molecule has 0 aromatic rings. The third-order valence-electron chi connectivity index (χ3n) is 5.14. The van der Waals surface area contributed by atoms with Crippen LogP contribution in [0.25, 0.3) is 0 Å². The van der Waals surface area contributed by atoms with Crippen LogP contribution in [-0.4, -0.2) is 4.90 Å². The number of rotatable bonds is 18. The summed E-state index contributed by atoms with van der Waals surface area (Å²) in [4.78, 5) is 2.14. The predicted octanol–water partition coefficient (Wildman–Crippen LogP) is 10.8. The second-order valence-electron chi connectivity index (χ2n) is 7.79. The summed E-state index contributed by atoms with van der Waals surface area (Å²) in [7, 11) is 0. The molecule has 0 aliphatic carbocycles. The SMILES string of the molecule is C=C\C=C/C(=C\C=C)C(/C=C)=C/C(C(/C=C\C=C)=C/C=C)=C(/C)N(C(/C=C\C)=C/C=C)C(/C=C\C=C)=C/C=C. The fourth-order valence-electron chi connectivity index (χ4n) is 3.54. The highest BCUT2D eigenvalue weighted by molar-refractivity contribution is 5.59. The Balaban J connectivity index is 8.21. The van der Waals surface area contributed by atoms with Gasteiger partial charge in [-0.2, -0.15) is 0 Å². The molecule has 0 fully saturated rings. The summed E-state index contributed by atoms with van der Waals surface area (Å²) in [6, 6.07) is 0. The minimum Gasteiger partial charge on any atom is -0.314 e. The van der Waals surface area contributed by atoms with Crippen LogP contribution in [0.1, 0.15) is 13.8 Å². The Morgan fingerprint density at radius 3 is 1.44 bits per heavy atom. The number of allylic oxidation sites excluding steroid dienone is 26. The molecule has 0 aromatic heterocycles. The van der Waals surface area contributed by atoms with E-state index in [-0.39, 0.29) is 0 Å². The molecule has 1 nitrogen and oxygen atoms in total. The van der Waals surface area contributed by atoms with Crippen LogP contribution in [0.5, 0.6) is 0 Å². The normalized spacial score (nSPS) is 14.5. The molecule has 0 heterocycles. The molecule has 0 atom stereocenters. The van der Waals surface area contributed by atoms with Gasteiger partial charge in [0.25, 0.3) is 0 Å². The van der Waals surface area contributed by atoms with Gasteiger partial charge in [0.15, 0.2) is 0 Å². The lowest BCUT2D eigenvalue weighted by atomic mass is 9.95. The predicted molar refractivity (Wildman–Crippen MR) is 179 cm³/mol. The first-order chi connectivity index (χ1) is 18.9. The van der Waals surface area contributed by atoms with Gasteiger partial charge >= 0.3 is 0 Å². The van der Waals surface area contributed by atoms with Crippen LogP contribution in [0.2, 0.25) is 0 Å². The number of hydrogen-bond acceptors (Lipinski definition) is 1. The summed E-state index contributed by atoms with van der Waals surface area (Å²) in [5, 5.41) is 0. The highest BCUT2D eigenvalue weighted by Crippen LogP contribution is 2.31. The Morgan fingerprint density at radius 2 is 0.974 bits per heavy atom. The summed E-state index contributed by atoms with van der Waals surface area (Å²) in [5.41, 5.74) is 6.45. The second kappa shape index (κ2) is 21.2. The Kier molecular flexibility index (Phi) is 18.6. The van der Waals surface area contributed by atoms with Gasteiger partial charge in [-0.05, 0) is 60.9 Å². The maximum Gasteiger partial charge on any atom is 0.0458 e. The lowest BCUT2D eigenvalue weighted by Gasteiger charge is -2.30. The van der Waals surface area contributed by atoms with Crippen molar-refractivity contribution in [3.05, 3.63) is 220 Å².